The second-order valence-electron chi connectivity index (χ2n) is 7.04. The highest BCUT2D eigenvalue weighted by atomic mass is 79.9. The van der Waals surface area contributed by atoms with Gasteiger partial charge in [-0.3, -0.25) is 14.4 Å². The first-order valence-corrected chi connectivity index (χ1v) is 10.4. The highest BCUT2D eigenvalue weighted by Crippen LogP contribution is 2.30. The van der Waals surface area contributed by atoms with Crippen molar-refractivity contribution in [1.29, 1.82) is 0 Å². The molecule has 0 saturated heterocycles. The summed E-state index contributed by atoms with van der Waals surface area (Å²) >= 11 is 3.28. The van der Waals surface area contributed by atoms with Gasteiger partial charge in [0.2, 0.25) is 0 Å². The highest BCUT2D eigenvalue weighted by molar-refractivity contribution is 9.10. The van der Waals surface area contributed by atoms with E-state index in [0.717, 1.165) is 25.0 Å². The molecule has 0 unspecified atom stereocenters. The second-order valence-corrected chi connectivity index (χ2v) is 7.96. The van der Waals surface area contributed by atoms with Gasteiger partial charge in [0.05, 0.1) is 11.8 Å². The van der Waals surface area contributed by atoms with E-state index in [-0.39, 0.29) is 17.5 Å². The van der Waals surface area contributed by atoms with Crippen LogP contribution in [-0.2, 0) is 20.6 Å². The van der Waals surface area contributed by atoms with Gasteiger partial charge in [0, 0.05) is 21.8 Å². The molecular formula is C21H18BrF3N4O4. The monoisotopic (exact) mass is 526 g/mol. The van der Waals surface area contributed by atoms with Gasteiger partial charge in [-0.05, 0) is 49.2 Å². The topological polar surface area (TPSA) is 109 Å². The van der Waals surface area contributed by atoms with Gasteiger partial charge in [0.25, 0.3) is 5.91 Å². The number of alkyl halides is 3. The van der Waals surface area contributed by atoms with Gasteiger partial charge >= 0.3 is 18.0 Å². The number of nitrogens with zero attached hydrogens (tertiary/aromatic N) is 1. The first-order chi connectivity index (χ1) is 15.6. The summed E-state index contributed by atoms with van der Waals surface area (Å²) in [5, 5.41) is 8.59. The van der Waals surface area contributed by atoms with Crippen LogP contribution in [0.1, 0.15) is 24.0 Å². The molecule has 3 rings (SSSR count). The third-order valence-electron chi connectivity index (χ3n) is 4.29. The molecule has 1 fully saturated rings. The maximum atomic E-state index is 12.8. The van der Waals surface area contributed by atoms with Gasteiger partial charge in [-0.25, -0.2) is 5.43 Å². The summed E-state index contributed by atoms with van der Waals surface area (Å²) in [6.07, 6.45) is -1.63. The minimum atomic E-state index is -4.53. The van der Waals surface area contributed by atoms with Crippen molar-refractivity contribution in [1.82, 2.24) is 10.7 Å². The van der Waals surface area contributed by atoms with Crippen molar-refractivity contribution in [3.8, 4) is 5.75 Å². The fraction of sp³-hybridized carbons (Fsp3) is 0.238. The number of carbonyl (C=O) groups excluding carboxylic acids is 3. The Bertz CT molecular complexity index is 1090. The average molecular weight is 527 g/mol. The maximum absolute atomic E-state index is 12.8. The standard InChI is InChI=1S/C21H18BrF3N4O4/c22-14-4-7-17(12(8-14)10-26-29-20(32)19(31)28-15-5-6-15)33-11-18(30)27-16-3-1-2-13(9-16)21(23,24)25/h1-4,7-10,15H,5-6,11H2,(H,27,30)(H,28,31)(H,29,32)/b26-10-. The Balaban J connectivity index is 1.58. The van der Waals surface area contributed by atoms with Crippen molar-refractivity contribution in [3.05, 3.63) is 58.1 Å². The van der Waals surface area contributed by atoms with Gasteiger partial charge < -0.3 is 15.4 Å². The van der Waals surface area contributed by atoms with E-state index in [1.807, 2.05) is 0 Å². The lowest BCUT2D eigenvalue weighted by atomic mass is 10.2. The largest absolute Gasteiger partial charge is 0.483 e. The summed E-state index contributed by atoms with van der Waals surface area (Å²) in [6.45, 7) is -0.491. The minimum Gasteiger partial charge on any atom is -0.483 e. The molecule has 0 radical (unpaired) electrons. The van der Waals surface area contributed by atoms with Crippen LogP contribution in [0.25, 0.3) is 0 Å². The Kier molecular flexibility index (Phi) is 7.69. The number of hydrazone groups is 1. The number of ether oxygens (including phenoxy) is 1. The Hall–Kier alpha value is -3.41. The molecule has 0 atom stereocenters. The molecule has 0 bridgehead atoms. The van der Waals surface area contributed by atoms with E-state index in [1.54, 1.807) is 12.1 Å². The van der Waals surface area contributed by atoms with Crippen LogP contribution < -0.4 is 20.8 Å². The van der Waals surface area contributed by atoms with Crippen LogP contribution in [0.4, 0.5) is 18.9 Å². The van der Waals surface area contributed by atoms with E-state index in [0.29, 0.717) is 10.0 Å². The van der Waals surface area contributed by atoms with Crippen LogP contribution in [0.3, 0.4) is 0 Å². The van der Waals surface area contributed by atoms with E-state index in [9.17, 15) is 27.6 Å². The number of hydrogen-bond donors (Lipinski definition) is 3. The Morgan fingerprint density at radius 2 is 1.88 bits per heavy atom. The Labute approximate surface area is 194 Å². The van der Waals surface area contributed by atoms with Crippen molar-refractivity contribution in [2.45, 2.75) is 25.1 Å². The predicted molar refractivity (Wildman–Crippen MR) is 117 cm³/mol. The van der Waals surface area contributed by atoms with Gasteiger partial charge in [0.15, 0.2) is 6.61 Å². The third kappa shape index (κ3) is 7.59. The molecule has 12 heteroatoms. The normalized spacial score (nSPS) is 13.5. The number of amides is 3. The predicted octanol–water partition coefficient (Wildman–Crippen LogP) is 3.21. The van der Waals surface area contributed by atoms with Crippen LogP contribution in [0.5, 0.6) is 5.75 Å². The number of nitrogens with one attached hydrogen (secondary N) is 3. The van der Waals surface area contributed by atoms with E-state index < -0.39 is 36.1 Å². The summed E-state index contributed by atoms with van der Waals surface area (Å²) in [5.74, 6) is -2.16. The van der Waals surface area contributed by atoms with Gasteiger partial charge in [0.1, 0.15) is 5.75 Å². The fourth-order valence-electron chi connectivity index (χ4n) is 2.56. The molecule has 33 heavy (non-hydrogen) atoms. The van der Waals surface area contributed by atoms with Crippen molar-refractivity contribution >= 4 is 45.6 Å². The zero-order valence-electron chi connectivity index (χ0n) is 16.9. The molecule has 174 valence electrons. The van der Waals surface area contributed by atoms with Crippen molar-refractivity contribution in [2.24, 2.45) is 5.10 Å². The second kappa shape index (κ2) is 10.5. The SMILES string of the molecule is O=C(COc1ccc(Br)cc1/C=N\NC(=O)C(=O)NC1CC1)Nc1cccc(C(F)(F)F)c1. The van der Waals surface area contributed by atoms with E-state index >= 15 is 0 Å². The first-order valence-electron chi connectivity index (χ1n) is 9.65. The summed E-state index contributed by atoms with van der Waals surface area (Å²) in [4.78, 5) is 35.5. The lowest BCUT2D eigenvalue weighted by Gasteiger charge is -2.11. The number of rotatable bonds is 7. The molecule has 1 aliphatic rings. The van der Waals surface area contributed by atoms with Gasteiger partial charge in [-0.1, -0.05) is 22.0 Å². The van der Waals surface area contributed by atoms with E-state index in [2.05, 4.69) is 37.1 Å². The number of benzene rings is 2. The van der Waals surface area contributed by atoms with Crippen LogP contribution in [-0.4, -0.2) is 36.6 Å². The first kappa shape index (κ1) is 24.2. The van der Waals surface area contributed by atoms with Crippen molar-refractivity contribution in [2.75, 3.05) is 11.9 Å². The summed E-state index contributed by atoms with van der Waals surface area (Å²) in [5.41, 5.74) is 1.56. The minimum absolute atomic E-state index is 0.0248. The number of halogens is 4. The summed E-state index contributed by atoms with van der Waals surface area (Å²) in [6, 6.07) is 9.02. The van der Waals surface area contributed by atoms with Gasteiger partial charge in [-0.15, -0.1) is 0 Å². The van der Waals surface area contributed by atoms with E-state index in [4.69, 9.17) is 4.74 Å². The number of hydrogen-bond acceptors (Lipinski definition) is 5. The van der Waals surface area contributed by atoms with Crippen molar-refractivity contribution < 1.29 is 32.3 Å². The molecule has 0 aromatic heterocycles. The lowest BCUT2D eigenvalue weighted by molar-refractivity contribution is -0.139. The Morgan fingerprint density at radius 1 is 1.12 bits per heavy atom. The summed E-state index contributed by atoms with van der Waals surface area (Å²) in [7, 11) is 0. The average Bonchev–Trinajstić information content (AvgIpc) is 3.56. The van der Waals surface area contributed by atoms with Crippen molar-refractivity contribution in [3.63, 3.8) is 0 Å². The third-order valence-corrected chi connectivity index (χ3v) is 4.79. The fourth-order valence-corrected chi connectivity index (χ4v) is 2.93. The van der Waals surface area contributed by atoms with Crippen LogP contribution in [0.2, 0.25) is 0 Å². The molecule has 3 amide bonds. The van der Waals surface area contributed by atoms with Crippen LogP contribution >= 0.6 is 15.9 Å². The zero-order chi connectivity index (χ0) is 24.0. The molecule has 2 aromatic carbocycles. The smallest absolute Gasteiger partial charge is 0.416 e. The lowest BCUT2D eigenvalue weighted by Crippen LogP contribution is -2.38. The Morgan fingerprint density at radius 3 is 2.58 bits per heavy atom. The van der Waals surface area contributed by atoms with Gasteiger partial charge in [-0.2, -0.15) is 18.3 Å². The van der Waals surface area contributed by atoms with E-state index in [1.165, 1.54) is 24.4 Å². The number of anilines is 1. The molecule has 0 heterocycles. The quantitative estimate of drug-likeness (QED) is 0.292. The molecule has 3 N–H and O–H groups in total. The highest BCUT2D eigenvalue weighted by Gasteiger charge is 2.30. The molecule has 1 aliphatic carbocycles. The maximum Gasteiger partial charge on any atom is 0.416 e. The molecule has 0 aliphatic heterocycles. The zero-order valence-corrected chi connectivity index (χ0v) is 18.5. The summed E-state index contributed by atoms with van der Waals surface area (Å²) < 4.78 is 44.5. The molecule has 8 nitrogen and oxygen atoms in total. The molecule has 1 saturated carbocycles. The molecule has 2 aromatic rings. The van der Waals surface area contributed by atoms with Crippen LogP contribution in [0, 0.1) is 0 Å². The van der Waals surface area contributed by atoms with Crippen LogP contribution in [0.15, 0.2) is 52.0 Å². The molecule has 0 spiro atoms. The number of carbonyl (C=O) groups is 3. The molecular weight excluding hydrogens is 509 g/mol.